The number of rotatable bonds is 8. The number of benzene rings is 2. The van der Waals surface area contributed by atoms with Crippen molar-refractivity contribution >= 4 is 96.0 Å². The number of hydrogen-bond donors (Lipinski definition) is 0. The van der Waals surface area contributed by atoms with Crippen LogP contribution in [0.5, 0.6) is 0 Å². The molecule has 0 bridgehead atoms. The van der Waals surface area contributed by atoms with E-state index in [0.717, 1.165) is 65.4 Å². The topological polar surface area (TPSA) is 13.0 Å². The first-order valence-electron chi connectivity index (χ1n) is 11.7. The van der Waals surface area contributed by atoms with Gasteiger partial charge in [0.1, 0.15) is 0 Å². The molecule has 2 aromatic rings. The first-order chi connectivity index (χ1) is 16.0. The van der Waals surface area contributed by atoms with E-state index in [2.05, 4.69) is 31.7 Å². The Labute approximate surface area is 266 Å². The van der Waals surface area contributed by atoms with Gasteiger partial charge in [0, 0.05) is 65.4 Å². The van der Waals surface area contributed by atoms with E-state index in [1.807, 2.05) is 24.3 Å². The third-order valence-electron chi connectivity index (χ3n) is 6.66. The van der Waals surface area contributed by atoms with Gasteiger partial charge in [-0.1, -0.05) is 58.5 Å². The lowest BCUT2D eigenvalue weighted by molar-refractivity contribution is 0.106. The average Bonchev–Trinajstić information content (AvgIpc) is 2.81. The summed E-state index contributed by atoms with van der Waals surface area (Å²) in [5, 5.41) is 2.53. The van der Waals surface area contributed by atoms with Gasteiger partial charge in [0.25, 0.3) is 0 Å². The Balaban J connectivity index is 0.00000324. The van der Waals surface area contributed by atoms with E-state index in [1.54, 1.807) is 0 Å². The van der Waals surface area contributed by atoms with Crippen LogP contribution in [0.4, 0.5) is 0 Å². The highest BCUT2D eigenvalue weighted by atomic mass is 35.5. The predicted octanol–water partition coefficient (Wildman–Crippen LogP) is 7.31. The molecule has 0 amide bonds. The normalized spacial score (nSPS) is 17.2. The summed E-state index contributed by atoms with van der Waals surface area (Å²) in [6, 6.07) is 11.9. The Morgan fingerprint density at radius 3 is 1.11 bits per heavy atom. The number of piperazine rings is 2. The summed E-state index contributed by atoms with van der Waals surface area (Å²) >= 11 is 24.4. The summed E-state index contributed by atoms with van der Waals surface area (Å²) in [5.74, 6) is 0. The second-order valence-corrected chi connectivity index (χ2v) is 10.7. The number of halogens is 8. The Bertz CT molecular complexity index is 846. The van der Waals surface area contributed by atoms with Crippen molar-refractivity contribution in [3.63, 3.8) is 0 Å². The summed E-state index contributed by atoms with van der Waals surface area (Å²) in [6.45, 7) is 13.2. The maximum absolute atomic E-state index is 6.16. The van der Waals surface area contributed by atoms with Crippen LogP contribution in [0.2, 0.25) is 20.1 Å². The van der Waals surface area contributed by atoms with E-state index in [9.17, 15) is 0 Å². The summed E-state index contributed by atoms with van der Waals surface area (Å²) < 4.78 is 0. The molecule has 0 spiro atoms. The first kappa shape index (κ1) is 37.6. The highest BCUT2D eigenvalue weighted by Gasteiger charge is 2.19. The van der Waals surface area contributed by atoms with Gasteiger partial charge >= 0.3 is 0 Å². The van der Waals surface area contributed by atoms with Crippen molar-refractivity contribution in [1.82, 2.24) is 19.6 Å². The first-order valence-corrected chi connectivity index (χ1v) is 13.2. The molecule has 0 aliphatic carbocycles. The quantitative estimate of drug-likeness (QED) is 0.291. The zero-order valence-corrected chi connectivity index (χ0v) is 26.9. The molecular weight excluding hydrogens is 640 g/mol. The van der Waals surface area contributed by atoms with Gasteiger partial charge in [-0.05, 0) is 54.9 Å². The molecule has 2 saturated heterocycles. The monoisotopic (exact) mass is 672 g/mol. The third-order valence-corrected chi connectivity index (χ3v) is 8.14. The van der Waals surface area contributed by atoms with Crippen molar-refractivity contribution in [3.8, 4) is 0 Å². The molecule has 0 radical (unpaired) electrons. The Kier molecular flexibility index (Phi) is 19.2. The molecule has 212 valence electrons. The van der Waals surface area contributed by atoms with Gasteiger partial charge in [-0.15, -0.1) is 49.6 Å². The lowest BCUT2D eigenvalue weighted by Gasteiger charge is -2.37. The molecule has 2 heterocycles. The molecule has 4 rings (SSSR count). The van der Waals surface area contributed by atoms with Crippen molar-refractivity contribution in [3.05, 3.63) is 67.6 Å². The van der Waals surface area contributed by atoms with E-state index in [-0.39, 0.29) is 49.6 Å². The molecule has 2 aromatic carbocycles. The second-order valence-electron chi connectivity index (χ2n) is 9.09. The minimum atomic E-state index is 0. The van der Waals surface area contributed by atoms with Crippen molar-refractivity contribution in [1.29, 1.82) is 0 Å². The van der Waals surface area contributed by atoms with Crippen LogP contribution in [0.25, 0.3) is 0 Å². The fraction of sp³-hybridized carbons (Fsp3) is 0.520. The molecule has 0 unspecified atom stereocenters. The van der Waals surface area contributed by atoms with Crippen molar-refractivity contribution in [2.75, 3.05) is 65.4 Å². The van der Waals surface area contributed by atoms with E-state index < -0.39 is 0 Å². The molecule has 0 N–H and O–H groups in total. The molecule has 2 aliphatic heterocycles. The van der Waals surface area contributed by atoms with E-state index >= 15 is 0 Å². The lowest BCUT2D eigenvalue weighted by Crippen LogP contribution is -2.48. The minimum Gasteiger partial charge on any atom is -0.301 e. The lowest BCUT2D eigenvalue weighted by atomic mass is 10.2. The Morgan fingerprint density at radius 2 is 0.784 bits per heavy atom. The Hall–Kier alpha value is 0.600. The van der Waals surface area contributed by atoms with Gasteiger partial charge in [0.15, 0.2) is 0 Å². The second kappa shape index (κ2) is 18.9. The van der Waals surface area contributed by atoms with Crippen molar-refractivity contribution in [2.45, 2.75) is 19.5 Å². The van der Waals surface area contributed by atoms with Crippen molar-refractivity contribution < 1.29 is 0 Å². The Morgan fingerprint density at radius 1 is 0.459 bits per heavy atom. The van der Waals surface area contributed by atoms with Crippen LogP contribution in [0, 0.1) is 0 Å². The minimum absolute atomic E-state index is 0. The molecule has 2 fully saturated rings. The van der Waals surface area contributed by atoms with Crippen LogP contribution in [-0.4, -0.2) is 85.0 Å². The fourth-order valence-electron chi connectivity index (χ4n) is 4.65. The van der Waals surface area contributed by atoms with Crippen LogP contribution >= 0.6 is 96.0 Å². The standard InChI is InChI=1S/C25H32Cl4N4.4ClH/c26-22-4-2-20(16-24(22)28)18-32-12-8-30(9-13-32)6-1-7-31-10-14-33(15-11-31)19-21-3-5-23(27)25(29)17-21;;;;/h2-5,16-17H,1,6-15,18-19H2;4*1H. The highest BCUT2D eigenvalue weighted by Crippen LogP contribution is 2.24. The number of nitrogens with zero attached hydrogens (tertiary/aromatic N) is 4. The van der Waals surface area contributed by atoms with Crippen LogP contribution < -0.4 is 0 Å². The predicted molar refractivity (Wildman–Crippen MR) is 170 cm³/mol. The third kappa shape index (κ3) is 11.9. The van der Waals surface area contributed by atoms with Crippen LogP contribution in [0.15, 0.2) is 36.4 Å². The fourth-order valence-corrected chi connectivity index (χ4v) is 5.29. The van der Waals surface area contributed by atoms with Gasteiger partial charge in [-0.3, -0.25) is 9.80 Å². The molecule has 0 atom stereocenters. The largest absolute Gasteiger partial charge is 0.301 e. The summed E-state index contributed by atoms with van der Waals surface area (Å²) in [5.41, 5.74) is 2.47. The summed E-state index contributed by atoms with van der Waals surface area (Å²) in [7, 11) is 0. The molecular formula is C25H36Cl8N4. The van der Waals surface area contributed by atoms with Crippen molar-refractivity contribution in [2.24, 2.45) is 0 Å². The maximum Gasteiger partial charge on any atom is 0.0595 e. The average molecular weight is 676 g/mol. The van der Waals surface area contributed by atoms with Gasteiger partial charge in [0.2, 0.25) is 0 Å². The van der Waals surface area contributed by atoms with Gasteiger partial charge in [-0.25, -0.2) is 0 Å². The highest BCUT2D eigenvalue weighted by molar-refractivity contribution is 6.42. The molecule has 0 saturated carbocycles. The molecule has 12 heteroatoms. The van der Waals surface area contributed by atoms with Crippen LogP contribution in [0.1, 0.15) is 17.5 Å². The van der Waals surface area contributed by atoms with Crippen LogP contribution in [-0.2, 0) is 13.1 Å². The van der Waals surface area contributed by atoms with Gasteiger partial charge in [0.05, 0.1) is 20.1 Å². The molecule has 4 nitrogen and oxygen atoms in total. The molecule has 2 aliphatic rings. The smallest absolute Gasteiger partial charge is 0.0595 e. The van der Waals surface area contributed by atoms with E-state index in [4.69, 9.17) is 46.4 Å². The van der Waals surface area contributed by atoms with E-state index in [0.29, 0.717) is 20.1 Å². The molecule has 0 aromatic heterocycles. The summed E-state index contributed by atoms with van der Waals surface area (Å²) in [4.78, 5) is 10.2. The van der Waals surface area contributed by atoms with Gasteiger partial charge in [-0.2, -0.15) is 0 Å². The summed E-state index contributed by atoms with van der Waals surface area (Å²) in [6.07, 6.45) is 1.24. The SMILES string of the molecule is Cl.Cl.Cl.Cl.Clc1ccc(CN2CCN(CCCN3CCN(Cc4ccc(Cl)c(Cl)c4)CC3)CC2)cc1Cl. The zero-order chi connectivity index (χ0) is 23.2. The molecule has 37 heavy (non-hydrogen) atoms. The number of hydrogen-bond acceptors (Lipinski definition) is 4. The van der Waals surface area contributed by atoms with Crippen LogP contribution in [0.3, 0.4) is 0 Å². The maximum atomic E-state index is 6.16. The van der Waals surface area contributed by atoms with E-state index in [1.165, 1.54) is 30.6 Å². The zero-order valence-electron chi connectivity index (χ0n) is 20.6. The van der Waals surface area contributed by atoms with Gasteiger partial charge < -0.3 is 9.80 Å².